The molecule has 0 bridgehead atoms. The number of nitrogens with zero attached hydrogens (tertiary/aromatic N) is 2. The molecule has 0 fully saturated rings. The molecular weight excluding hydrogens is 296 g/mol. The van der Waals surface area contributed by atoms with E-state index in [0.29, 0.717) is 0 Å². The Bertz CT molecular complexity index is 684. The van der Waals surface area contributed by atoms with Crippen molar-refractivity contribution in [2.45, 2.75) is 24.7 Å². The molecule has 7 nitrogen and oxygen atoms in total. The highest BCUT2D eigenvalue weighted by molar-refractivity contribution is 7.85. The van der Waals surface area contributed by atoms with Crippen LogP contribution >= 0.6 is 0 Å². The van der Waals surface area contributed by atoms with E-state index in [1.54, 1.807) is 35.4 Å². The lowest BCUT2D eigenvalue weighted by molar-refractivity contribution is -0.671. The summed E-state index contributed by atoms with van der Waals surface area (Å²) < 4.78 is 34.2. The average molecular weight is 314 g/mol. The molecule has 0 radical (unpaired) electrons. The molecule has 0 saturated heterocycles. The van der Waals surface area contributed by atoms with E-state index in [1.807, 2.05) is 14.0 Å². The van der Waals surface area contributed by atoms with Crippen LogP contribution in [0.4, 0.5) is 0 Å². The van der Waals surface area contributed by atoms with E-state index in [-0.39, 0.29) is 4.90 Å². The Morgan fingerprint density at radius 2 is 1.76 bits per heavy atom. The Morgan fingerprint density at radius 1 is 1.24 bits per heavy atom. The van der Waals surface area contributed by atoms with Crippen LogP contribution in [0.1, 0.15) is 12.5 Å². The summed E-state index contributed by atoms with van der Waals surface area (Å²) in [5.41, 5.74) is 0.928. The van der Waals surface area contributed by atoms with Crippen LogP contribution in [0.15, 0.2) is 47.9 Å². The molecule has 0 atom stereocenters. The number of benzene rings is 1. The summed E-state index contributed by atoms with van der Waals surface area (Å²) in [5.74, 6) is -1.79. The molecule has 116 valence electrons. The van der Waals surface area contributed by atoms with Crippen LogP contribution in [0.3, 0.4) is 0 Å². The third kappa shape index (κ3) is 5.64. The standard InChI is InChI=1S/C7H8O3S.C6H11N2O2/c1-6-2-4-7(5-3-6)11(8,9)10;1-6(9,10)8-4-3-7(2)5-8/h2-5H,1H3,(H,8,9,10);3-5,9-10H,1-2H3/q;+1/p-1. The van der Waals surface area contributed by atoms with Crippen molar-refractivity contribution >= 4 is 10.1 Å². The van der Waals surface area contributed by atoms with Crippen LogP contribution in [-0.4, -0.2) is 27.8 Å². The fraction of sp³-hybridized carbons (Fsp3) is 0.308. The second kappa shape index (κ2) is 6.35. The van der Waals surface area contributed by atoms with Crippen LogP contribution in [0.5, 0.6) is 0 Å². The summed E-state index contributed by atoms with van der Waals surface area (Å²) in [4.78, 5) is -0.178. The van der Waals surface area contributed by atoms with Gasteiger partial charge in [0, 0.05) is 6.92 Å². The molecule has 0 spiro atoms. The van der Waals surface area contributed by atoms with Gasteiger partial charge in [0.15, 0.2) is 0 Å². The second-order valence-electron chi connectivity index (χ2n) is 4.72. The van der Waals surface area contributed by atoms with Gasteiger partial charge in [0.05, 0.1) is 11.9 Å². The normalized spacial score (nSPS) is 11.7. The number of hydrogen-bond acceptors (Lipinski definition) is 5. The maximum atomic E-state index is 10.4. The maximum absolute atomic E-state index is 10.4. The highest BCUT2D eigenvalue weighted by Crippen LogP contribution is 2.08. The van der Waals surface area contributed by atoms with Gasteiger partial charge in [-0.2, -0.15) is 4.57 Å². The Labute approximate surface area is 123 Å². The van der Waals surface area contributed by atoms with E-state index in [0.717, 1.165) is 5.56 Å². The number of hydrogen-bond donors (Lipinski definition) is 2. The quantitative estimate of drug-likeness (QED) is 0.454. The van der Waals surface area contributed by atoms with Crippen molar-refractivity contribution in [3.05, 3.63) is 48.5 Å². The molecular formula is C13H18N2O5S. The summed E-state index contributed by atoms with van der Waals surface area (Å²) in [5, 5.41) is 18.0. The van der Waals surface area contributed by atoms with Crippen LogP contribution in [0, 0.1) is 6.92 Å². The van der Waals surface area contributed by atoms with Crippen LogP contribution in [0.25, 0.3) is 0 Å². The summed E-state index contributed by atoms with van der Waals surface area (Å²) in [6, 6.07) is 5.78. The lowest BCUT2D eigenvalue weighted by Gasteiger charge is -2.09. The first kappa shape index (κ1) is 17.3. The van der Waals surface area contributed by atoms with Gasteiger partial charge in [0.25, 0.3) is 0 Å². The highest BCUT2D eigenvalue weighted by atomic mass is 32.2. The summed E-state index contributed by atoms with van der Waals surface area (Å²) in [6.45, 7) is 3.12. The predicted molar refractivity (Wildman–Crippen MR) is 72.8 cm³/mol. The average Bonchev–Trinajstić information content (AvgIpc) is 2.76. The van der Waals surface area contributed by atoms with Crippen LogP contribution < -0.4 is 4.57 Å². The van der Waals surface area contributed by atoms with E-state index in [1.165, 1.54) is 23.6 Å². The third-order valence-electron chi connectivity index (χ3n) is 2.57. The molecule has 0 aliphatic heterocycles. The molecule has 2 aromatic rings. The molecule has 1 heterocycles. The molecule has 8 heteroatoms. The minimum Gasteiger partial charge on any atom is -0.744 e. The SMILES string of the molecule is C[n+]1ccn(C(C)(O)O)c1.Cc1ccc(S(=O)(=O)[O-])cc1. The smallest absolute Gasteiger partial charge is 0.319 e. The summed E-state index contributed by atoms with van der Waals surface area (Å²) in [7, 11) is -2.46. The molecule has 0 saturated carbocycles. The van der Waals surface area contributed by atoms with Crippen molar-refractivity contribution in [3.8, 4) is 0 Å². The third-order valence-corrected chi connectivity index (χ3v) is 3.42. The molecule has 0 aliphatic carbocycles. The van der Waals surface area contributed by atoms with Crippen molar-refractivity contribution in [2.24, 2.45) is 7.05 Å². The van der Waals surface area contributed by atoms with Gasteiger partial charge in [-0.15, -0.1) is 0 Å². The Balaban J connectivity index is 0.000000211. The molecule has 2 N–H and O–H groups in total. The fourth-order valence-corrected chi connectivity index (χ4v) is 1.88. The number of imidazole rings is 1. The predicted octanol–water partition coefficient (Wildman–Crippen LogP) is -0.173. The first-order valence-electron chi connectivity index (χ1n) is 6.01. The zero-order chi connectivity index (χ0) is 16.3. The maximum Gasteiger partial charge on any atom is 0.319 e. The summed E-state index contributed by atoms with van der Waals surface area (Å²) >= 11 is 0. The summed E-state index contributed by atoms with van der Waals surface area (Å²) in [6.07, 6.45) is 4.89. The van der Waals surface area contributed by atoms with Crippen LogP contribution in [-0.2, 0) is 23.1 Å². The van der Waals surface area contributed by atoms with E-state index in [4.69, 9.17) is 10.2 Å². The van der Waals surface area contributed by atoms with E-state index in [2.05, 4.69) is 0 Å². The Kier molecular flexibility index (Phi) is 5.24. The molecule has 0 unspecified atom stereocenters. The molecule has 1 aromatic carbocycles. The van der Waals surface area contributed by atoms with Gasteiger partial charge in [0.2, 0.25) is 6.33 Å². The Hall–Kier alpha value is -1.74. The first-order valence-corrected chi connectivity index (χ1v) is 7.42. The topological polar surface area (TPSA) is 106 Å². The zero-order valence-corrected chi connectivity index (χ0v) is 12.8. The molecule has 0 aliphatic rings. The van der Waals surface area contributed by atoms with Gasteiger partial charge >= 0.3 is 5.91 Å². The number of aromatic nitrogens is 2. The zero-order valence-electron chi connectivity index (χ0n) is 12.0. The number of aryl methyl sites for hydroxylation is 2. The second-order valence-corrected chi connectivity index (χ2v) is 6.10. The molecule has 2 rings (SSSR count). The lowest BCUT2D eigenvalue weighted by atomic mass is 10.2. The van der Waals surface area contributed by atoms with Gasteiger partial charge in [-0.1, -0.05) is 17.7 Å². The van der Waals surface area contributed by atoms with Gasteiger partial charge in [-0.05, 0) is 19.1 Å². The van der Waals surface area contributed by atoms with Crippen molar-refractivity contribution in [1.29, 1.82) is 0 Å². The molecule has 1 aromatic heterocycles. The van der Waals surface area contributed by atoms with Crippen molar-refractivity contribution in [1.82, 2.24) is 4.57 Å². The number of aliphatic hydroxyl groups is 2. The van der Waals surface area contributed by atoms with Gasteiger partial charge in [0.1, 0.15) is 22.5 Å². The first-order chi connectivity index (χ1) is 9.50. The molecule has 21 heavy (non-hydrogen) atoms. The van der Waals surface area contributed by atoms with Gasteiger partial charge < -0.3 is 14.8 Å². The van der Waals surface area contributed by atoms with Crippen molar-refractivity contribution < 1.29 is 27.8 Å². The minimum absolute atomic E-state index is 0.178. The van der Waals surface area contributed by atoms with Gasteiger partial charge in [-0.3, -0.25) is 0 Å². The molecule has 0 amide bonds. The number of rotatable bonds is 2. The van der Waals surface area contributed by atoms with Crippen molar-refractivity contribution in [3.63, 3.8) is 0 Å². The van der Waals surface area contributed by atoms with E-state index < -0.39 is 16.0 Å². The van der Waals surface area contributed by atoms with Gasteiger partial charge in [-0.25, -0.2) is 13.0 Å². The minimum atomic E-state index is -4.27. The lowest BCUT2D eigenvalue weighted by Crippen LogP contribution is -2.31. The monoisotopic (exact) mass is 314 g/mol. The van der Waals surface area contributed by atoms with Crippen molar-refractivity contribution in [2.75, 3.05) is 0 Å². The van der Waals surface area contributed by atoms with Crippen LogP contribution in [0.2, 0.25) is 0 Å². The largest absolute Gasteiger partial charge is 0.744 e. The van der Waals surface area contributed by atoms with E-state index in [9.17, 15) is 13.0 Å². The highest BCUT2D eigenvalue weighted by Gasteiger charge is 2.23. The van der Waals surface area contributed by atoms with E-state index >= 15 is 0 Å². The fourth-order valence-electron chi connectivity index (χ4n) is 1.41. The Morgan fingerprint density at radius 3 is 2.05 bits per heavy atom.